The van der Waals surface area contributed by atoms with E-state index in [9.17, 15) is 4.39 Å². The summed E-state index contributed by atoms with van der Waals surface area (Å²) in [6, 6.07) is 3.85. The number of anilines is 1. The quantitative estimate of drug-likeness (QED) is 0.859. The molecule has 1 unspecified atom stereocenters. The van der Waals surface area contributed by atoms with Crippen LogP contribution >= 0.6 is 15.9 Å². The number of benzene rings is 1. The maximum Gasteiger partial charge on any atom is 0.137 e. The second kappa shape index (κ2) is 4.74. The van der Waals surface area contributed by atoms with Crippen molar-refractivity contribution in [3.8, 4) is 0 Å². The summed E-state index contributed by atoms with van der Waals surface area (Å²) in [7, 11) is 0. The van der Waals surface area contributed by atoms with Crippen molar-refractivity contribution in [2.24, 2.45) is 5.92 Å². The molecule has 1 aliphatic rings. The Morgan fingerprint density at radius 2 is 2.19 bits per heavy atom. The number of rotatable bonds is 4. The normalized spacial score (nSPS) is 17.2. The first-order valence-corrected chi connectivity index (χ1v) is 6.57. The minimum atomic E-state index is -0.196. The van der Waals surface area contributed by atoms with Gasteiger partial charge in [0, 0.05) is 11.7 Å². The summed E-state index contributed by atoms with van der Waals surface area (Å²) in [6.45, 7) is 4.12. The summed E-state index contributed by atoms with van der Waals surface area (Å²) in [5, 5.41) is 3.45. The zero-order valence-corrected chi connectivity index (χ0v) is 11.3. The van der Waals surface area contributed by atoms with E-state index in [0.717, 1.165) is 17.2 Å². The molecule has 0 radical (unpaired) electrons. The molecule has 0 bridgehead atoms. The van der Waals surface area contributed by atoms with Gasteiger partial charge in [-0.05, 0) is 59.8 Å². The van der Waals surface area contributed by atoms with E-state index in [4.69, 9.17) is 0 Å². The summed E-state index contributed by atoms with van der Waals surface area (Å²) < 4.78 is 13.8. The Labute approximate surface area is 105 Å². The van der Waals surface area contributed by atoms with E-state index in [1.807, 2.05) is 13.0 Å². The van der Waals surface area contributed by atoms with Crippen molar-refractivity contribution in [2.75, 3.05) is 5.32 Å². The summed E-state index contributed by atoms with van der Waals surface area (Å²) in [5.74, 6) is 0.713. The summed E-state index contributed by atoms with van der Waals surface area (Å²) >= 11 is 3.22. The van der Waals surface area contributed by atoms with E-state index in [1.165, 1.54) is 19.3 Å². The molecule has 0 aliphatic heterocycles. The molecule has 0 saturated heterocycles. The topological polar surface area (TPSA) is 12.0 Å². The highest BCUT2D eigenvalue weighted by molar-refractivity contribution is 9.10. The van der Waals surface area contributed by atoms with Gasteiger partial charge in [-0.3, -0.25) is 0 Å². The molecule has 1 fully saturated rings. The van der Waals surface area contributed by atoms with Gasteiger partial charge in [0.15, 0.2) is 0 Å². The highest BCUT2D eigenvalue weighted by Crippen LogP contribution is 2.34. The number of hydrogen-bond acceptors (Lipinski definition) is 1. The molecule has 0 aromatic heterocycles. The monoisotopic (exact) mass is 285 g/mol. The molecule has 3 heteroatoms. The van der Waals surface area contributed by atoms with Gasteiger partial charge in [-0.2, -0.15) is 0 Å². The maximum absolute atomic E-state index is 13.2. The Balaban J connectivity index is 2.04. The zero-order chi connectivity index (χ0) is 11.7. The minimum absolute atomic E-state index is 0.196. The van der Waals surface area contributed by atoms with Crippen LogP contribution in [0.3, 0.4) is 0 Å². The molecule has 1 atom stereocenters. The third-order valence-corrected chi connectivity index (χ3v) is 3.66. The van der Waals surface area contributed by atoms with Gasteiger partial charge < -0.3 is 5.32 Å². The van der Waals surface area contributed by atoms with Crippen LogP contribution in [0.4, 0.5) is 10.1 Å². The minimum Gasteiger partial charge on any atom is -0.382 e. The maximum atomic E-state index is 13.2. The number of nitrogens with one attached hydrogen (secondary N) is 1. The molecule has 0 heterocycles. The van der Waals surface area contributed by atoms with Crippen LogP contribution in [-0.2, 0) is 0 Å². The predicted octanol–water partition coefficient (Wildman–Crippen LogP) is 4.50. The van der Waals surface area contributed by atoms with Crippen LogP contribution in [0, 0.1) is 18.7 Å². The lowest BCUT2D eigenvalue weighted by atomic mass is 10.1. The van der Waals surface area contributed by atoms with Crippen molar-refractivity contribution in [3.63, 3.8) is 0 Å². The number of aryl methyl sites for hydroxylation is 1. The summed E-state index contributed by atoms with van der Waals surface area (Å²) in [5.41, 5.74) is 1.99. The van der Waals surface area contributed by atoms with E-state index in [0.29, 0.717) is 10.5 Å². The number of halogens is 2. The molecule has 1 nitrogen and oxygen atoms in total. The Hall–Kier alpha value is -0.570. The average Bonchev–Trinajstić information content (AvgIpc) is 2.98. The first-order chi connectivity index (χ1) is 7.56. The van der Waals surface area contributed by atoms with Gasteiger partial charge in [0.05, 0.1) is 4.47 Å². The SMILES string of the molecule is Cc1cc(F)c(Br)cc1NC(C)CC1CC1. The Kier molecular flexibility index (Phi) is 3.53. The standard InChI is InChI=1S/C13H17BrFN/c1-8-5-12(15)11(14)7-13(8)16-9(2)6-10-3-4-10/h5,7,9-10,16H,3-4,6H2,1-2H3. The first kappa shape index (κ1) is 11.9. The Morgan fingerprint density at radius 1 is 1.50 bits per heavy atom. The van der Waals surface area contributed by atoms with Crippen LogP contribution in [-0.4, -0.2) is 6.04 Å². The highest BCUT2D eigenvalue weighted by Gasteiger charge is 2.23. The molecule has 0 spiro atoms. The van der Waals surface area contributed by atoms with E-state index >= 15 is 0 Å². The van der Waals surface area contributed by atoms with Crippen molar-refractivity contribution in [1.82, 2.24) is 0 Å². The second-order valence-corrected chi connectivity index (χ2v) is 5.66. The van der Waals surface area contributed by atoms with Gasteiger partial charge in [-0.1, -0.05) is 12.8 Å². The molecular weight excluding hydrogens is 269 g/mol. The average molecular weight is 286 g/mol. The summed E-state index contributed by atoms with van der Waals surface area (Å²) in [4.78, 5) is 0. The van der Waals surface area contributed by atoms with Crippen molar-refractivity contribution in [2.45, 2.75) is 39.2 Å². The molecular formula is C13H17BrFN. The van der Waals surface area contributed by atoms with Crippen LogP contribution in [0.15, 0.2) is 16.6 Å². The molecule has 16 heavy (non-hydrogen) atoms. The van der Waals surface area contributed by atoms with Gasteiger partial charge in [-0.25, -0.2) is 4.39 Å². The Bertz CT molecular complexity index is 388. The number of hydrogen-bond donors (Lipinski definition) is 1. The Morgan fingerprint density at radius 3 is 2.81 bits per heavy atom. The van der Waals surface area contributed by atoms with Crippen molar-refractivity contribution in [1.29, 1.82) is 0 Å². The molecule has 1 N–H and O–H groups in total. The lowest BCUT2D eigenvalue weighted by Gasteiger charge is -2.17. The third-order valence-electron chi connectivity index (χ3n) is 3.05. The van der Waals surface area contributed by atoms with Gasteiger partial charge in [0.2, 0.25) is 0 Å². The molecule has 1 aromatic rings. The molecule has 1 aromatic carbocycles. The molecule has 1 aliphatic carbocycles. The van der Waals surface area contributed by atoms with Crippen molar-refractivity contribution in [3.05, 3.63) is 28.0 Å². The van der Waals surface area contributed by atoms with Crippen molar-refractivity contribution < 1.29 is 4.39 Å². The van der Waals surface area contributed by atoms with Gasteiger partial charge >= 0.3 is 0 Å². The van der Waals surface area contributed by atoms with Crippen LogP contribution in [0.5, 0.6) is 0 Å². The smallest absolute Gasteiger partial charge is 0.137 e. The fourth-order valence-corrected chi connectivity index (χ4v) is 2.32. The zero-order valence-electron chi connectivity index (χ0n) is 9.69. The molecule has 88 valence electrons. The van der Waals surface area contributed by atoms with E-state index in [1.54, 1.807) is 6.07 Å². The summed E-state index contributed by atoms with van der Waals surface area (Å²) in [6.07, 6.45) is 3.96. The largest absolute Gasteiger partial charge is 0.382 e. The lowest BCUT2D eigenvalue weighted by Crippen LogP contribution is -2.16. The van der Waals surface area contributed by atoms with Crippen LogP contribution < -0.4 is 5.32 Å². The molecule has 2 rings (SSSR count). The van der Waals surface area contributed by atoms with Gasteiger partial charge in [0.25, 0.3) is 0 Å². The predicted molar refractivity (Wildman–Crippen MR) is 69.3 cm³/mol. The first-order valence-electron chi connectivity index (χ1n) is 5.78. The van der Waals surface area contributed by atoms with Crippen LogP contribution in [0.2, 0.25) is 0 Å². The van der Waals surface area contributed by atoms with Gasteiger partial charge in [-0.15, -0.1) is 0 Å². The lowest BCUT2D eigenvalue weighted by molar-refractivity contribution is 0.618. The van der Waals surface area contributed by atoms with E-state index < -0.39 is 0 Å². The third kappa shape index (κ3) is 2.97. The van der Waals surface area contributed by atoms with E-state index in [2.05, 4.69) is 28.2 Å². The van der Waals surface area contributed by atoms with Crippen LogP contribution in [0.25, 0.3) is 0 Å². The fourth-order valence-electron chi connectivity index (χ4n) is 1.98. The van der Waals surface area contributed by atoms with Crippen LogP contribution in [0.1, 0.15) is 31.7 Å². The van der Waals surface area contributed by atoms with E-state index in [-0.39, 0.29) is 5.82 Å². The van der Waals surface area contributed by atoms with Crippen molar-refractivity contribution >= 4 is 21.6 Å². The fraction of sp³-hybridized carbons (Fsp3) is 0.538. The molecule has 1 saturated carbocycles. The molecule has 0 amide bonds. The van der Waals surface area contributed by atoms with Gasteiger partial charge in [0.1, 0.15) is 5.82 Å². The highest BCUT2D eigenvalue weighted by atomic mass is 79.9. The second-order valence-electron chi connectivity index (χ2n) is 4.81.